The zero-order chi connectivity index (χ0) is 53.5. The summed E-state index contributed by atoms with van der Waals surface area (Å²) in [6, 6.07) is 104. The first-order valence-electron chi connectivity index (χ1n) is 28.2. The first-order valence-corrected chi connectivity index (χ1v) is 28.2. The molecule has 0 saturated heterocycles. The molecule has 0 radical (unpaired) electrons. The second-order valence-electron chi connectivity index (χ2n) is 22.4. The summed E-state index contributed by atoms with van der Waals surface area (Å²) in [5, 5.41) is 4.87. The number of hydrogen-bond donors (Lipinski definition) is 0. The van der Waals surface area contributed by atoms with Crippen LogP contribution >= 0.6 is 0 Å². The maximum Gasteiger partial charge on any atom is 0.252 e. The minimum atomic E-state index is -0.199. The molecule has 1 aliphatic carbocycles. The molecule has 0 bridgehead atoms. The van der Waals surface area contributed by atoms with Crippen LogP contribution in [-0.4, -0.2) is 15.8 Å². The van der Waals surface area contributed by atoms with E-state index >= 15 is 0 Å². The minimum Gasteiger partial charge on any atom is -0.311 e. The molecule has 5 nitrogen and oxygen atoms in total. The van der Waals surface area contributed by atoms with Gasteiger partial charge in [0.05, 0.1) is 44.8 Å². The van der Waals surface area contributed by atoms with E-state index in [1.807, 2.05) is 0 Å². The minimum absolute atomic E-state index is 0.167. The van der Waals surface area contributed by atoms with E-state index in [0.717, 1.165) is 62.2 Å². The number of benzene rings is 12. The highest BCUT2D eigenvalue weighted by molar-refractivity contribution is 7.01. The molecule has 4 heterocycles. The van der Waals surface area contributed by atoms with Crippen LogP contribution in [0.25, 0.3) is 66.1 Å². The average Bonchev–Trinajstić information content (AvgIpc) is 3.95. The highest BCUT2D eigenvalue weighted by atomic mass is 15.2. The van der Waals surface area contributed by atoms with Crippen LogP contribution in [0.3, 0.4) is 0 Å². The van der Waals surface area contributed by atoms with Gasteiger partial charge < -0.3 is 23.8 Å². The Labute approximate surface area is 471 Å². The first-order chi connectivity index (χ1) is 40.0. The Morgan fingerprint density at radius 1 is 0.358 bits per heavy atom. The van der Waals surface area contributed by atoms with Gasteiger partial charge in [-0.1, -0.05) is 190 Å². The molecule has 0 fully saturated rings. The summed E-state index contributed by atoms with van der Waals surface area (Å²) in [6.07, 6.45) is 0. The van der Waals surface area contributed by atoms with E-state index in [2.05, 4.69) is 317 Å². The van der Waals surface area contributed by atoms with E-state index in [4.69, 9.17) is 0 Å². The number of para-hydroxylation sites is 7. The first kappa shape index (κ1) is 45.7. The molecule has 0 amide bonds. The van der Waals surface area contributed by atoms with Gasteiger partial charge in [0.15, 0.2) is 0 Å². The van der Waals surface area contributed by atoms with Crippen LogP contribution in [0.4, 0.5) is 51.2 Å². The van der Waals surface area contributed by atoms with Crippen molar-refractivity contribution in [2.75, 3.05) is 14.7 Å². The molecule has 380 valence electrons. The summed E-state index contributed by atoms with van der Waals surface area (Å²) < 4.78 is 4.93. The van der Waals surface area contributed by atoms with E-state index in [-0.39, 0.29) is 12.1 Å². The van der Waals surface area contributed by atoms with Crippen molar-refractivity contribution in [2.45, 2.75) is 19.3 Å². The molecule has 2 aromatic heterocycles. The van der Waals surface area contributed by atoms with E-state index in [1.165, 1.54) is 82.6 Å². The summed E-state index contributed by atoms with van der Waals surface area (Å²) in [5.74, 6) is 0. The van der Waals surface area contributed by atoms with Crippen LogP contribution in [0.1, 0.15) is 25.0 Å². The Hall–Kier alpha value is -10.3. The van der Waals surface area contributed by atoms with Crippen molar-refractivity contribution in [3.05, 3.63) is 290 Å². The van der Waals surface area contributed by atoms with Crippen molar-refractivity contribution >= 4 is 118 Å². The number of hydrogen-bond acceptors (Lipinski definition) is 3. The molecule has 0 saturated carbocycles. The quantitative estimate of drug-likeness (QED) is 0.148. The molecule has 14 aromatic rings. The van der Waals surface area contributed by atoms with Gasteiger partial charge in [-0.15, -0.1) is 0 Å². The number of aromatic nitrogens is 2. The molecule has 0 spiro atoms. The standard InChI is InChI=1S/C75H52BN5/c1-75(2)58-38-21-18-35-55(58)69-59(75)39-24-42-64(69)77(49-25-8-3-9-26-49)54-47-67-72-68(48-54)81(53-33-16-7-17-34-53)74-61(44-46-66-71(74)57-37-20-23-41-63(57)79(66)51-29-12-5-13-30-51)76(72)60-43-45-65-70(73(60)80(67)52-31-14-6-15-32-52)56-36-19-22-40-62(56)78(65)50-27-10-4-11-28-50/h3-48H,1-2H3. The van der Waals surface area contributed by atoms with Crippen LogP contribution in [-0.2, 0) is 5.41 Å². The lowest BCUT2D eigenvalue weighted by molar-refractivity contribution is 0.660. The fourth-order valence-electron chi connectivity index (χ4n) is 14.5. The van der Waals surface area contributed by atoms with Crippen molar-refractivity contribution in [3.63, 3.8) is 0 Å². The van der Waals surface area contributed by atoms with Gasteiger partial charge >= 0.3 is 0 Å². The van der Waals surface area contributed by atoms with Gasteiger partial charge in [-0.25, -0.2) is 0 Å². The zero-order valence-corrected chi connectivity index (χ0v) is 44.9. The third kappa shape index (κ3) is 6.44. The fraction of sp³-hybridized carbons (Fsp3) is 0.0400. The molecular formula is C75H52BN5. The van der Waals surface area contributed by atoms with Crippen molar-refractivity contribution in [3.8, 4) is 22.5 Å². The molecular weight excluding hydrogens is 982 g/mol. The van der Waals surface area contributed by atoms with Crippen molar-refractivity contribution in [2.24, 2.45) is 0 Å². The maximum absolute atomic E-state index is 2.61. The van der Waals surface area contributed by atoms with Gasteiger partial charge in [-0.05, 0) is 136 Å². The smallest absolute Gasteiger partial charge is 0.252 e. The molecule has 6 heteroatoms. The third-order valence-electron chi connectivity index (χ3n) is 17.8. The second-order valence-corrected chi connectivity index (χ2v) is 22.4. The van der Waals surface area contributed by atoms with Gasteiger partial charge in [0.1, 0.15) is 0 Å². The summed E-state index contributed by atoms with van der Waals surface area (Å²) in [7, 11) is 0. The zero-order valence-electron chi connectivity index (χ0n) is 44.9. The van der Waals surface area contributed by atoms with Gasteiger partial charge in [0.25, 0.3) is 6.71 Å². The molecule has 12 aromatic carbocycles. The Bertz CT molecular complexity index is 4630. The Balaban J connectivity index is 1.06. The van der Waals surface area contributed by atoms with Crippen LogP contribution in [0.2, 0.25) is 0 Å². The lowest BCUT2D eigenvalue weighted by Gasteiger charge is -2.45. The molecule has 0 N–H and O–H groups in total. The summed E-state index contributed by atoms with van der Waals surface area (Å²) in [6.45, 7) is 4.60. The van der Waals surface area contributed by atoms with Crippen molar-refractivity contribution < 1.29 is 0 Å². The number of anilines is 9. The second kappa shape index (κ2) is 17.4. The molecule has 17 rings (SSSR count). The molecule has 0 unspecified atom stereocenters. The monoisotopic (exact) mass is 1030 g/mol. The fourth-order valence-corrected chi connectivity index (χ4v) is 14.5. The maximum atomic E-state index is 2.61. The van der Waals surface area contributed by atoms with Crippen molar-refractivity contribution in [1.29, 1.82) is 0 Å². The number of fused-ring (bicyclic) bond motifs is 15. The van der Waals surface area contributed by atoms with Gasteiger partial charge in [-0.2, -0.15) is 0 Å². The Kier molecular flexibility index (Phi) is 9.79. The Morgan fingerprint density at radius 2 is 0.790 bits per heavy atom. The van der Waals surface area contributed by atoms with Gasteiger partial charge in [0, 0.05) is 72.3 Å². The summed E-state index contributed by atoms with van der Waals surface area (Å²) >= 11 is 0. The number of rotatable bonds is 7. The SMILES string of the molecule is CC1(C)c2ccccc2-c2c(N(c3ccccc3)c3cc4c5c(c3)N(c3ccccc3)c3c(ccc6c3c3ccccc3n6-c3ccccc3)B5c3ccc5c(c3N4c3ccccc3)c3ccccc3n5-c3ccccc3)cccc21. The molecule has 81 heavy (non-hydrogen) atoms. The molecule has 0 atom stereocenters. The van der Waals surface area contributed by atoms with Crippen LogP contribution in [0.15, 0.2) is 279 Å². The topological polar surface area (TPSA) is 19.6 Å². The van der Waals surface area contributed by atoms with Crippen LogP contribution in [0.5, 0.6) is 0 Å². The van der Waals surface area contributed by atoms with Crippen LogP contribution in [0, 0.1) is 0 Å². The summed E-state index contributed by atoms with van der Waals surface area (Å²) in [5.41, 5.74) is 25.9. The highest BCUT2D eigenvalue weighted by Crippen LogP contribution is 2.57. The predicted octanol–water partition coefficient (Wildman–Crippen LogP) is 17.7. The lowest BCUT2D eigenvalue weighted by Crippen LogP contribution is -2.61. The largest absolute Gasteiger partial charge is 0.311 e. The number of nitrogens with zero attached hydrogens (tertiary/aromatic N) is 5. The van der Waals surface area contributed by atoms with Gasteiger partial charge in [-0.3, -0.25) is 0 Å². The molecule has 2 aliphatic heterocycles. The van der Waals surface area contributed by atoms with E-state index < -0.39 is 0 Å². The summed E-state index contributed by atoms with van der Waals surface area (Å²) in [4.78, 5) is 7.77. The average molecular weight is 1030 g/mol. The van der Waals surface area contributed by atoms with E-state index in [0.29, 0.717) is 0 Å². The van der Waals surface area contributed by atoms with Gasteiger partial charge in [0.2, 0.25) is 0 Å². The Morgan fingerprint density at radius 3 is 1.31 bits per heavy atom. The highest BCUT2D eigenvalue weighted by Gasteiger charge is 2.47. The molecule has 3 aliphatic rings. The normalized spacial score (nSPS) is 13.6. The lowest BCUT2D eigenvalue weighted by atomic mass is 9.33. The third-order valence-corrected chi connectivity index (χ3v) is 17.8. The van der Waals surface area contributed by atoms with E-state index in [9.17, 15) is 0 Å². The predicted molar refractivity (Wildman–Crippen MR) is 341 cm³/mol. The van der Waals surface area contributed by atoms with Crippen LogP contribution < -0.4 is 31.1 Å². The van der Waals surface area contributed by atoms with Crippen molar-refractivity contribution in [1.82, 2.24) is 9.13 Å². The van der Waals surface area contributed by atoms with E-state index in [1.54, 1.807) is 0 Å².